The summed E-state index contributed by atoms with van der Waals surface area (Å²) in [6, 6.07) is 0. The van der Waals surface area contributed by atoms with Gasteiger partial charge in [0.1, 0.15) is 0 Å². The lowest BCUT2D eigenvalue weighted by Crippen LogP contribution is -2.30. The van der Waals surface area contributed by atoms with Gasteiger partial charge in [-0.2, -0.15) is 0 Å². The van der Waals surface area contributed by atoms with Crippen molar-refractivity contribution in [1.82, 2.24) is 0 Å². The monoisotopic (exact) mass is 176 g/mol. The molecule has 1 unspecified atom stereocenters. The Balaban J connectivity index is 2.50. The standard InChI is InChI=1S/C8H16O4/c1-11-8(12-2)6-3-5(9)4-7(6)10/h5-10H,3-4H2,1-2H3/t5?,6-,7+/m1/s1. The molecule has 4 heteroatoms. The fraction of sp³-hybridized carbons (Fsp3) is 1.00. The smallest absolute Gasteiger partial charge is 0.162 e. The molecule has 1 saturated carbocycles. The summed E-state index contributed by atoms with van der Waals surface area (Å²) in [6.45, 7) is 0. The van der Waals surface area contributed by atoms with E-state index in [-0.39, 0.29) is 5.92 Å². The van der Waals surface area contributed by atoms with Crippen LogP contribution < -0.4 is 0 Å². The summed E-state index contributed by atoms with van der Waals surface area (Å²) in [7, 11) is 3.07. The van der Waals surface area contributed by atoms with Crippen LogP contribution >= 0.6 is 0 Å². The Morgan fingerprint density at radius 1 is 1.17 bits per heavy atom. The van der Waals surface area contributed by atoms with E-state index in [1.165, 1.54) is 14.2 Å². The molecule has 0 amide bonds. The van der Waals surface area contributed by atoms with Crippen LogP contribution in [0.1, 0.15) is 12.8 Å². The lowest BCUT2D eigenvalue weighted by Gasteiger charge is -2.22. The number of aliphatic hydroxyl groups is 2. The molecule has 0 spiro atoms. The fourth-order valence-corrected chi connectivity index (χ4v) is 1.76. The van der Waals surface area contributed by atoms with Gasteiger partial charge in [0.2, 0.25) is 0 Å². The van der Waals surface area contributed by atoms with Crippen LogP contribution in [0, 0.1) is 5.92 Å². The first-order valence-electron chi connectivity index (χ1n) is 4.10. The largest absolute Gasteiger partial charge is 0.393 e. The highest BCUT2D eigenvalue weighted by Gasteiger charge is 2.37. The molecule has 0 saturated heterocycles. The molecule has 1 aliphatic rings. The molecule has 72 valence electrons. The molecular formula is C8H16O4. The highest BCUT2D eigenvalue weighted by molar-refractivity contribution is 4.84. The van der Waals surface area contributed by atoms with Crippen LogP contribution in [0.4, 0.5) is 0 Å². The predicted molar refractivity (Wildman–Crippen MR) is 42.5 cm³/mol. The Morgan fingerprint density at radius 2 is 1.75 bits per heavy atom. The zero-order chi connectivity index (χ0) is 9.14. The first-order valence-corrected chi connectivity index (χ1v) is 4.10. The predicted octanol–water partition coefficient (Wildman–Crippen LogP) is -0.263. The Morgan fingerprint density at radius 3 is 2.08 bits per heavy atom. The van der Waals surface area contributed by atoms with Gasteiger partial charge in [-0.25, -0.2) is 0 Å². The summed E-state index contributed by atoms with van der Waals surface area (Å²) >= 11 is 0. The van der Waals surface area contributed by atoms with Crippen molar-refractivity contribution in [3.63, 3.8) is 0 Å². The summed E-state index contributed by atoms with van der Waals surface area (Å²) < 4.78 is 10.0. The van der Waals surface area contributed by atoms with Crippen LogP contribution in [0.3, 0.4) is 0 Å². The summed E-state index contributed by atoms with van der Waals surface area (Å²) in [5, 5.41) is 18.7. The van der Waals surface area contributed by atoms with Gasteiger partial charge in [-0.05, 0) is 12.8 Å². The van der Waals surface area contributed by atoms with E-state index in [1.807, 2.05) is 0 Å². The highest BCUT2D eigenvalue weighted by Crippen LogP contribution is 2.30. The van der Waals surface area contributed by atoms with Gasteiger partial charge in [0, 0.05) is 20.1 Å². The first-order chi connectivity index (χ1) is 5.69. The van der Waals surface area contributed by atoms with Gasteiger partial charge in [-0.1, -0.05) is 0 Å². The Labute approximate surface area is 72.1 Å². The maximum atomic E-state index is 9.47. The maximum Gasteiger partial charge on any atom is 0.162 e. The number of hydrogen-bond acceptors (Lipinski definition) is 4. The minimum absolute atomic E-state index is 0.102. The van der Waals surface area contributed by atoms with Crippen molar-refractivity contribution in [2.24, 2.45) is 5.92 Å². The van der Waals surface area contributed by atoms with Crippen LogP contribution in [0.25, 0.3) is 0 Å². The minimum Gasteiger partial charge on any atom is -0.393 e. The van der Waals surface area contributed by atoms with Gasteiger partial charge in [-0.3, -0.25) is 0 Å². The van der Waals surface area contributed by atoms with Gasteiger partial charge in [-0.15, -0.1) is 0 Å². The number of rotatable bonds is 3. The second-order valence-electron chi connectivity index (χ2n) is 3.20. The Kier molecular flexibility index (Phi) is 3.46. The third-order valence-electron chi connectivity index (χ3n) is 2.37. The quantitative estimate of drug-likeness (QED) is 0.581. The second-order valence-corrected chi connectivity index (χ2v) is 3.20. The molecule has 0 heterocycles. The van der Waals surface area contributed by atoms with Gasteiger partial charge in [0.05, 0.1) is 12.2 Å². The summed E-state index contributed by atoms with van der Waals surface area (Å²) in [5.41, 5.74) is 0. The zero-order valence-corrected chi connectivity index (χ0v) is 7.43. The van der Waals surface area contributed by atoms with E-state index in [9.17, 15) is 10.2 Å². The van der Waals surface area contributed by atoms with Crippen molar-refractivity contribution in [2.75, 3.05) is 14.2 Å². The van der Waals surface area contributed by atoms with Gasteiger partial charge >= 0.3 is 0 Å². The molecule has 0 bridgehead atoms. The van der Waals surface area contributed by atoms with Crippen LogP contribution in [-0.4, -0.2) is 42.9 Å². The van der Waals surface area contributed by atoms with E-state index in [4.69, 9.17) is 9.47 Å². The number of hydrogen-bond donors (Lipinski definition) is 2. The molecule has 3 atom stereocenters. The first kappa shape index (κ1) is 9.92. The average Bonchev–Trinajstić information content (AvgIpc) is 2.34. The fourth-order valence-electron chi connectivity index (χ4n) is 1.76. The molecule has 0 aliphatic heterocycles. The van der Waals surface area contributed by atoms with Crippen molar-refractivity contribution < 1.29 is 19.7 Å². The molecule has 1 rings (SSSR count). The Bertz CT molecular complexity index is 135. The molecular weight excluding hydrogens is 160 g/mol. The zero-order valence-electron chi connectivity index (χ0n) is 7.43. The minimum atomic E-state index is -0.509. The van der Waals surface area contributed by atoms with Crippen molar-refractivity contribution in [1.29, 1.82) is 0 Å². The number of methoxy groups -OCH3 is 2. The maximum absolute atomic E-state index is 9.47. The van der Waals surface area contributed by atoms with Crippen LogP contribution in [-0.2, 0) is 9.47 Å². The van der Waals surface area contributed by atoms with E-state index in [0.29, 0.717) is 12.8 Å². The molecule has 4 nitrogen and oxygen atoms in total. The van der Waals surface area contributed by atoms with Crippen LogP contribution in [0.5, 0.6) is 0 Å². The summed E-state index contributed by atoms with van der Waals surface area (Å²) in [5.74, 6) is -0.102. The van der Waals surface area contributed by atoms with E-state index in [2.05, 4.69) is 0 Å². The van der Waals surface area contributed by atoms with Crippen molar-refractivity contribution in [2.45, 2.75) is 31.3 Å². The van der Waals surface area contributed by atoms with Crippen molar-refractivity contribution in [3.8, 4) is 0 Å². The van der Waals surface area contributed by atoms with Crippen molar-refractivity contribution >= 4 is 0 Å². The van der Waals surface area contributed by atoms with E-state index in [1.54, 1.807) is 0 Å². The SMILES string of the molecule is COC(OC)[C@@H]1CC(O)C[C@@H]1O. The van der Waals surface area contributed by atoms with Gasteiger partial charge in [0.25, 0.3) is 0 Å². The van der Waals surface area contributed by atoms with Gasteiger partial charge < -0.3 is 19.7 Å². The van der Waals surface area contributed by atoms with Crippen molar-refractivity contribution in [3.05, 3.63) is 0 Å². The summed E-state index contributed by atoms with van der Waals surface area (Å²) in [4.78, 5) is 0. The van der Waals surface area contributed by atoms with Crippen LogP contribution in [0.2, 0.25) is 0 Å². The molecule has 0 aromatic carbocycles. The number of ether oxygens (including phenoxy) is 2. The van der Waals surface area contributed by atoms with Gasteiger partial charge in [0.15, 0.2) is 6.29 Å². The second kappa shape index (κ2) is 4.18. The molecule has 12 heavy (non-hydrogen) atoms. The molecule has 0 aromatic heterocycles. The highest BCUT2D eigenvalue weighted by atomic mass is 16.7. The third-order valence-corrected chi connectivity index (χ3v) is 2.37. The van der Waals surface area contributed by atoms with E-state index >= 15 is 0 Å². The Hall–Kier alpha value is -0.160. The average molecular weight is 176 g/mol. The number of aliphatic hydroxyl groups excluding tert-OH is 2. The third kappa shape index (κ3) is 1.95. The van der Waals surface area contributed by atoms with E-state index < -0.39 is 18.5 Å². The summed E-state index contributed by atoms with van der Waals surface area (Å²) in [6.07, 6.45) is -0.360. The molecule has 0 radical (unpaired) electrons. The molecule has 2 N–H and O–H groups in total. The molecule has 1 fully saturated rings. The molecule has 0 aromatic rings. The lowest BCUT2D eigenvalue weighted by molar-refractivity contribution is -0.154. The van der Waals surface area contributed by atoms with Crippen LogP contribution in [0.15, 0.2) is 0 Å². The normalized spacial score (nSPS) is 36.2. The lowest BCUT2D eigenvalue weighted by atomic mass is 10.1. The topological polar surface area (TPSA) is 58.9 Å². The molecule has 1 aliphatic carbocycles. The van der Waals surface area contributed by atoms with E-state index in [0.717, 1.165) is 0 Å².